The Kier molecular flexibility index (Phi) is 7.01. The number of ether oxygens (including phenoxy) is 1. The number of hydrogen-bond acceptors (Lipinski definition) is 4. The minimum absolute atomic E-state index is 0.0706. The molecule has 3 rings (SSSR count). The van der Waals surface area contributed by atoms with Crippen molar-refractivity contribution in [3.05, 3.63) is 41.5 Å². The highest BCUT2D eigenvalue weighted by Crippen LogP contribution is 2.21. The second kappa shape index (κ2) is 9.67. The van der Waals surface area contributed by atoms with Crippen molar-refractivity contribution in [2.24, 2.45) is 5.92 Å². The summed E-state index contributed by atoms with van der Waals surface area (Å²) in [6, 6.07) is 7.62. The zero-order chi connectivity index (χ0) is 19.1. The van der Waals surface area contributed by atoms with Crippen molar-refractivity contribution >= 4 is 17.9 Å². The first-order valence-corrected chi connectivity index (χ1v) is 9.74. The normalized spacial score (nSPS) is 19.4. The Balaban J connectivity index is 1.50. The number of allylic oxidation sites excluding steroid dienone is 1. The van der Waals surface area contributed by atoms with Crippen molar-refractivity contribution < 1.29 is 14.3 Å². The molecule has 6 nitrogen and oxygen atoms in total. The van der Waals surface area contributed by atoms with Gasteiger partial charge in [0.15, 0.2) is 0 Å². The van der Waals surface area contributed by atoms with E-state index in [0.29, 0.717) is 18.0 Å². The van der Waals surface area contributed by atoms with Crippen LogP contribution in [-0.4, -0.2) is 74.6 Å². The Bertz CT molecular complexity index is 675. The van der Waals surface area contributed by atoms with Crippen LogP contribution < -0.4 is 5.32 Å². The summed E-state index contributed by atoms with van der Waals surface area (Å²) in [5, 5.41) is 2.68. The fraction of sp³-hybridized carbons (Fsp3) is 0.524. The predicted octanol–water partition coefficient (Wildman–Crippen LogP) is 1.63. The molecule has 2 amide bonds. The van der Waals surface area contributed by atoms with E-state index in [1.54, 1.807) is 7.05 Å². The van der Waals surface area contributed by atoms with Gasteiger partial charge in [-0.2, -0.15) is 0 Å². The molecule has 0 aliphatic carbocycles. The summed E-state index contributed by atoms with van der Waals surface area (Å²) in [6.45, 7) is 5.23. The maximum absolute atomic E-state index is 12.5. The number of likely N-dealkylation sites (tertiary alicyclic amines) is 1. The Labute approximate surface area is 161 Å². The molecule has 0 bridgehead atoms. The van der Waals surface area contributed by atoms with Gasteiger partial charge in [0.05, 0.1) is 19.8 Å². The number of nitrogens with zero attached hydrogens (tertiary/aromatic N) is 2. The molecule has 2 heterocycles. The monoisotopic (exact) mass is 371 g/mol. The summed E-state index contributed by atoms with van der Waals surface area (Å²) in [7, 11) is 1.65. The van der Waals surface area contributed by atoms with Crippen molar-refractivity contribution in [2.45, 2.75) is 12.8 Å². The van der Waals surface area contributed by atoms with E-state index in [1.807, 2.05) is 35.2 Å². The number of carbonyl (C=O) groups excluding carboxylic acids is 2. The van der Waals surface area contributed by atoms with Gasteiger partial charge >= 0.3 is 0 Å². The third-order valence-electron chi connectivity index (χ3n) is 5.34. The number of benzene rings is 1. The average Bonchev–Trinajstić information content (AvgIpc) is 2.73. The topological polar surface area (TPSA) is 61.9 Å². The van der Waals surface area contributed by atoms with Crippen molar-refractivity contribution in [3.8, 4) is 0 Å². The Morgan fingerprint density at radius 1 is 1.15 bits per heavy atom. The molecule has 0 aromatic heterocycles. The number of nitrogens with one attached hydrogen (secondary N) is 1. The summed E-state index contributed by atoms with van der Waals surface area (Å²) in [4.78, 5) is 28.6. The summed E-state index contributed by atoms with van der Waals surface area (Å²) >= 11 is 0. The summed E-state index contributed by atoms with van der Waals surface area (Å²) < 4.78 is 5.34. The minimum Gasteiger partial charge on any atom is -0.379 e. The van der Waals surface area contributed by atoms with Gasteiger partial charge in [0.1, 0.15) is 0 Å². The quantitative estimate of drug-likeness (QED) is 0.855. The van der Waals surface area contributed by atoms with Gasteiger partial charge < -0.3 is 15.0 Å². The molecular formula is C21H29N3O3. The highest BCUT2D eigenvalue weighted by Gasteiger charge is 2.23. The molecular weight excluding hydrogens is 342 g/mol. The van der Waals surface area contributed by atoms with Crippen molar-refractivity contribution in [1.82, 2.24) is 15.1 Å². The molecule has 27 heavy (non-hydrogen) atoms. The number of carbonyl (C=O) groups is 2. The predicted molar refractivity (Wildman–Crippen MR) is 105 cm³/mol. The van der Waals surface area contributed by atoms with E-state index in [4.69, 9.17) is 4.74 Å². The van der Waals surface area contributed by atoms with Crippen molar-refractivity contribution in [3.63, 3.8) is 0 Å². The van der Waals surface area contributed by atoms with Gasteiger partial charge in [-0.1, -0.05) is 30.4 Å². The highest BCUT2D eigenvalue weighted by atomic mass is 16.5. The largest absolute Gasteiger partial charge is 0.379 e. The van der Waals surface area contributed by atoms with Crippen LogP contribution >= 0.6 is 0 Å². The molecule has 0 saturated carbocycles. The molecule has 0 unspecified atom stereocenters. The zero-order valence-electron chi connectivity index (χ0n) is 16.0. The first-order chi connectivity index (χ1) is 13.2. The van der Waals surface area contributed by atoms with Gasteiger partial charge in [-0.25, -0.2) is 0 Å². The molecule has 0 atom stereocenters. The summed E-state index contributed by atoms with van der Waals surface area (Å²) in [5.74, 6) is 0.596. The molecule has 0 radical (unpaired) electrons. The average molecular weight is 371 g/mol. The number of rotatable bonds is 5. The minimum atomic E-state index is -0.0706. The zero-order valence-corrected chi connectivity index (χ0v) is 16.0. The molecule has 0 spiro atoms. The maximum Gasteiger partial charge on any atom is 0.251 e. The van der Waals surface area contributed by atoms with E-state index < -0.39 is 0 Å². The molecule has 2 aliphatic rings. The third-order valence-corrected chi connectivity index (χ3v) is 5.34. The van der Waals surface area contributed by atoms with Crippen molar-refractivity contribution in [2.75, 3.05) is 53.0 Å². The van der Waals surface area contributed by atoms with Gasteiger partial charge in [-0.15, -0.1) is 0 Å². The fourth-order valence-corrected chi connectivity index (χ4v) is 3.62. The lowest BCUT2D eigenvalue weighted by Crippen LogP contribution is -2.46. The van der Waals surface area contributed by atoms with Crippen LogP contribution in [0.1, 0.15) is 28.8 Å². The van der Waals surface area contributed by atoms with E-state index in [-0.39, 0.29) is 11.8 Å². The molecule has 6 heteroatoms. The van der Waals surface area contributed by atoms with E-state index in [2.05, 4.69) is 16.3 Å². The van der Waals surface area contributed by atoms with E-state index in [0.717, 1.165) is 57.8 Å². The van der Waals surface area contributed by atoms with Gasteiger partial charge in [0, 0.05) is 38.8 Å². The second-order valence-electron chi connectivity index (χ2n) is 7.13. The Morgan fingerprint density at radius 2 is 1.85 bits per heavy atom. The highest BCUT2D eigenvalue weighted by molar-refractivity contribution is 5.97. The molecule has 2 aliphatic heterocycles. The van der Waals surface area contributed by atoms with Crippen molar-refractivity contribution in [1.29, 1.82) is 0 Å². The molecule has 1 N–H and O–H groups in total. The van der Waals surface area contributed by atoms with Crippen LogP contribution in [0.2, 0.25) is 0 Å². The first-order valence-electron chi connectivity index (χ1n) is 9.74. The number of morpholine rings is 1. The smallest absolute Gasteiger partial charge is 0.251 e. The number of amides is 2. The van der Waals surface area contributed by atoms with Crippen LogP contribution in [0.4, 0.5) is 0 Å². The van der Waals surface area contributed by atoms with E-state index in [9.17, 15) is 9.59 Å². The van der Waals surface area contributed by atoms with Crippen LogP contribution in [0.15, 0.2) is 30.3 Å². The number of piperidine rings is 1. The van der Waals surface area contributed by atoms with Crippen LogP contribution in [0, 0.1) is 5.92 Å². The lowest BCUT2D eigenvalue weighted by Gasteiger charge is -2.33. The lowest BCUT2D eigenvalue weighted by molar-refractivity contribution is -0.134. The molecule has 2 saturated heterocycles. The molecule has 2 fully saturated rings. The van der Waals surface area contributed by atoms with E-state index >= 15 is 0 Å². The molecule has 1 aromatic rings. The fourth-order valence-electron chi connectivity index (χ4n) is 3.62. The Hall–Kier alpha value is -2.18. The van der Waals surface area contributed by atoms with Crippen LogP contribution in [0.25, 0.3) is 6.08 Å². The Morgan fingerprint density at radius 3 is 2.56 bits per heavy atom. The van der Waals surface area contributed by atoms with Crippen LogP contribution in [-0.2, 0) is 9.53 Å². The SMILES string of the molecule is CNC(=O)c1ccccc1/C=C/C1CCN(C(=O)CN2CCOCC2)CC1. The van der Waals surface area contributed by atoms with Crippen LogP contribution in [0.5, 0.6) is 0 Å². The summed E-state index contributed by atoms with van der Waals surface area (Å²) in [6.07, 6.45) is 6.16. The number of hydrogen-bond donors (Lipinski definition) is 1. The molecule has 146 valence electrons. The van der Waals surface area contributed by atoms with Gasteiger partial charge in [-0.3, -0.25) is 14.5 Å². The third kappa shape index (κ3) is 5.40. The maximum atomic E-state index is 12.5. The van der Waals surface area contributed by atoms with Crippen LogP contribution in [0.3, 0.4) is 0 Å². The second-order valence-corrected chi connectivity index (χ2v) is 7.13. The van der Waals surface area contributed by atoms with Gasteiger partial charge in [0.25, 0.3) is 5.91 Å². The summed E-state index contributed by atoms with van der Waals surface area (Å²) in [5.41, 5.74) is 1.62. The van der Waals surface area contributed by atoms with Gasteiger partial charge in [-0.05, 0) is 30.4 Å². The standard InChI is InChI=1S/C21H29N3O3/c1-22-21(26)19-5-3-2-4-18(19)7-6-17-8-10-24(11-9-17)20(25)16-23-12-14-27-15-13-23/h2-7,17H,8-16H2,1H3,(H,22,26)/b7-6+. The first kappa shape index (κ1) is 19.6. The van der Waals surface area contributed by atoms with E-state index in [1.165, 1.54) is 0 Å². The molecule has 1 aromatic carbocycles. The van der Waals surface area contributed by atoms with Gasteiger partial charge in [0.2, 0.25) is 5.91 Å². The lowest BCUT2D eigenvalue weighted by atomic mass is 9.94.